The van der Waals surface area contributed by atoms with Gasteiger partial charge in [0.05, 0.1) is 28.3 Å². The fraction of sp³-hybridized carbons (Fsp3) is 0.148. The fourth-order valence-corrected chi connectivity index (χ4v) is 5.53. The van der Waals surface area contributed by atoms with Gasteiger partial charge in [0.25, 0.3) is 0 Å². The number of imidazole rings is 1. The summed E-state index contributed by atoms with van der Waals surface area (Å²) in [5.41, 5.74) is 3.21. The molecule has 2 N–H and O–H groups in total. The molecule has 5 heterocycles. The molecule has 1 aliphatic heterocycles. The van der Waals surface area contributed by atoms with E-state index in [-0.39, 0.29) is 24.0 Å². The van der Waals surface area contributed by atoms with Gasteiger partial charge in [0.2, 0.25) is 11.8 Å². The molecule has 186 valence electrons. The third-order valence-electron chi connectivity index (χ3n) is 7.23. The molecule has 1 aromatic carbocycles. The molecule has 1 atom stereocenters. The zero-order chi connectivity index (χ0) is 25.9. The molecule has 4 aromatic heterocycles. The van der Waals surface area contributed by atoms with Crippen LogP contribution in [-0.2, 0) is 34.4 Å². The van der Waals surface area contributed by atoms with E-state index in [1.54, 1.807) is 36.8 Å². The summed E-state index contributed by atoms with van der Waals surface area (Å²) < 4.78 is 2.87. The average Bonchev–Trinajstić information content (AvgIpc) is 3.54. The van der Waals surface area contributed by atoms with Crippen molar-refractivity contribution >= 4 is 34.4 Å². The van der Waals surface area contributed by atoms with Crippen molar-refractivity contribution in [1.29, 1.82) is 0 Å². The van der Waals surface area contributed by atoms with E-state index in [4.69, 9.17) is 0 Å². The number of pyridine rings is 2. The molecule has 0 saturated carbocycles. The van der Waals surface area contributed by atoms with Crippen LogP contribution in [0.15, 0.2) is 78.2 Å². The van der Waals surface area contributed by atoms with E-state index in [2.05, 4.69) is 30.6 Å². The molecule has 0 fully saturated rings. The number of hydrogen-bond donors (Lipinski definition) is 2. The number of nitrogens with one attached hydrogen (secondary N) is 2. The molecule has 1 aliphatic carbocycles. The Morgan fingerprint density at radius 2 is 1.87 bits per heavy atom. The van der Waals surface area contributed by atoms with E-state index in [0.717, 1.165) is 16.8 Å². The maximum absolute atomic E-state index is 13.3. The second kappa shape index (κ2) is 8.17. The van der Waals surface area contributed by atoms with Crippen molar-refractivity contribution in [3.63, 3.8) is 0 Å². The summed E-state index contributed by atoms with van der Waals surface area (Å²) in [5.74, 6) is 0.546. The minimum Gasteiger partial charge on any atom is -0.323 e. The topological polar surface area (TPSA) is 137 Å². The zero-order valence-corrected chi connectivity index (χ0v) is 20.0. The Morgan fingerprint density at radius 3 is 2.71 bits per heavy atom. The van der Waals surface area contributed by atoms with Gasteiger partial charge in [-0.2, -0.15) is 0 Å². The summed E-state index contributed by atoms with van der Waals surface area (Å²) in [6, 6.07) is 14.5. The van der Waals surface area contributed by atoms with Gasteiger partial charge in [-0.15, -0.1) is 0 Å². The lowest BCUT2D eigenvalue weighted by atomic mass is 9.80. The first-order valence-corrected chi connectivity index (χ1v) is 12.0. The number of carbonyl (C=O) groups excluding carboxylic acids is 2. The Hall–Kier alpha value is -5.19. The summed E-state index contributed by atoms with van der Waals surface area (Å²) in [4.78, 5) is 56.3. The molecule has 0 saturated heterocycles. The van der Waals surface area contributed by atoms with Crippen LogP contribution >= 0.6 is 0 Å². The third kappa shape index (κ3) is 3.25. The quantitative estimate of drug-likeness (QED) is 0.382. The molecular formula is C27H20N8O3. The second-order valence-electron chi connectivity index (χ2n) is 9.43. The van der Waals surface area contributed by atoms with E-state index >= 15 is 0 Å². The van der Waals surface area contributed by atoms with Crippen molar-refractivity contribution in [2.75, 3.05) is 10.6 Å². The van der Waals surface area contributed by atoms with Crippen LogP contribution in [0.3, 0.4) is 0 Å². The maximum Gasteiger partial charge on any atom is 0.335 e. The fourth-order valence-electron chi connectivity index (χ4n) is 5.53. The zero-order valence-electron chi connectivity index (χ0n) is 20.0. The number of aromatic nitrogens is 6. The Labute approximate surface area is 215 Å². The minimum absolute atomic E-state index is 0.0887. The number of benzene rings is 1. The molecule has 1 unspecified atom stereocenters. The summed E-state index contributed by atoms with van der Waals surface area (Å²) >= 11 is 0. The van der Waals surface area contributed by atoms with E-state index in [9.17, 15) is 14.4 Å². The van der Waals surface area contributed by atoms with Gasteiger partial charge in [0, 0.05) is 30.1 Å². The maximum atomic E-state index is 13.3. The highest BCUT2D eigenvalue weighted by Gasteiger charge is 2.51. The first-order chi connectivity index (χ1) is 18.5. The van der Waals surface area contributed by atoms with E-state index in [1.807, 2.05) is 30.3 Å². The number of para-hydroxylation sites is 2. The smallest absolute Gasteiger partial charge is 0.323 e. The molecule has 5 aromatic rings. The molecule has 11 heteroatoms. The van der Waals surface area contributed by atoms with Gasteiger partial charge in [-0.05, 0) is 42.3 Å². The highest BCUT2D eigenvalue weighted by molar-refractivity contribution is 6.06. The van der Waals surface area contributed by atoms with Gasteiger partial charge in [-0.1, -0.05) is 18.2 Å². The van der Waals surface area contributed by atoms with Gasteiger partial charge in [-0.3, -0.25) is 19.1 Å². The largest absolute Gasteiger partial charge is 0.335 e. The number of rotatable bonds is 4. The lowest BCUT2D eigenvalue weighted by Gasteiger charge is -2.19. The highest BCUT2D eigenvalue weighted by Crippen LogP contribution is 2.46. The lowest BCUT2D eigenvalue weighted by Crippen LogP contribution is -2.35. The summed E-state index contributed by atoms with van der Waals surface area (Å²) in [7, 11) is 0. The molecule has 0 bridgehead atoms. The van der Waals surface area contributed by atoms with Crippen LogP contribution in [0.2, 0.25) is 0 Å². The molecule has 2 aliphatic rings. The molecule has 38 heavy (non-hydrogen) atoms. The summed E-state index contributed by atoms with van der Waals surface area (Å²) in [5, 5.41) is 5.74. The average molecular weight is 505 g/mol. The van der Waals surface area contributed by atoms with Gasteiger partial charge < -0.3 is 10.6 Å². The Balaban J connectivity index is 1.16. The number of nitrogens with zero attached hydrogens (tertiary/aromatic N) is 6. The molecule has 1 spiro atoms. The Bertz CT molecular complexity index is 1830. The van der Waals surface area contributed by atoms with Crippen LogP contribution in [0.4, 0.5) is 11.5 Å². The summed E-state index contributed by atoms with van der Waals surface area (Å²) in [6.45, 7) is -0.195. The van der Waals surface area contributed by atoms with Crippen LogP contribution in [0, 0.1) is 0 Å². The molecule has 11 nitrogen and oxygen atoms in total. The van der Waals surface area contributed by atoms with Gasteiger partial charge in [0.15, 0.2) is 0 Å². The van der Waals surface area contributed by atoms with Crippen LogP contribution in [-0.4, -0.2) is 40.9 Å². The van der Waals surface area contributed by atoms with Crippen molar-refractivity contribution in [2.45, 2.75) is 24.8 Å². The number of fused-ring (bicyclic) bond motifs is 4. The van der Waals surface area contributed by atoms with Gasteiger partial charge in [-0.25, -0.2) is 24.3 Å². The van der Waals surface area contributed by atoms with Crippen LogP contribution in [0.1, 0.15) is 16.8 Å². The monoisotopic (exact) mass is 504 g/mol. The SMILES string of the molecule is O=C(Cn1c(=O)n(-c2ccncn2)c2ccccc21)Nc1cnc2c(c1)CC1(C2)C(=O)Nc2ncccc21. The third-order valence-corrected chi connectivity index (χ3v) is 7.23. The van der Waals surface area contributed by atoms with Crippen LogP contribution in [0.25, 0.3) is 16.9 Å². The van der Waals surface area contributed by atoms with E-state index in [1.165, 1.54) is 15.5 Å². The molecule has 2 amide bonds. The van der Waals surface area contributed by atoms with E-state index in [0.29, 0.717) is 41.2 Å². The van der Waals surface area contributed by atoms with E-state index < -0.39 is 5.41 Å². The first-order valence-electron chi connectivity index (χ1n) is 12.0. The number of carbonyl (C=O) groups is 2. The van der Waals surface area contributed by atoms with Crippen molar-refractivity contribution in [3.8, 4) is 5.82 Å². The van der Waals surface area contributed by atoms with Crippen LogP contribution < -0.4 is 16.3 Å². The Kier molecular flexibility index (Phi) is 4.74. The molecular weight excluding hydrogens is 484 g/mol. The Morgan fingerprint density at radius 1 is 1.00 bits per heavy atom. The van der Waals surface area contributed by atoms with Crippen molar-refractivity contribution in [1.82, 2.24) is 29.1 Å². The normalized spacial score (nSPS) is 17.4. The number of hydrogen-bond acceptors (Lipinski definition) is 7. The molecule has 0 radical (unpaired) electrons. The predicted octanol–water partition coefficient (Wildman–Crippen LogP) is 2.00. The predicted molar refractivity (Wildman–Crippen MR) is 138 cm³/mol. The number of amides is 2. The highest BCUT2D eigenvalue weighted by atomic mass is 16.2. The van der Waals surface area contributed by atoms with Gasteiger partial charge in [0.1, 0.15) is 24.5 Å². The minimum atomic E-state index is -0.738. The number of anilines is 2. The second-order valence-corrected chi connectivity index (χ2v) is 9.43. The van der Waals surface area contributed by atoms with Crippen molar-refractivity contribution in [2.24, 2.45) is 0 Å². The van der Waals surface area contributed by atoms with Gasteiger partial charge >= 0.3 is 5.69 Å². The lowest BCUT2D eigenvalue weighted by molar-refractivity contribution is -0.120. The standard InChI is InChI=1S/C27H20N8O3/c36-23(14-34-20-5-1-2-6-21(20)35(26(34)38)22-7-9-28-15-31-22)32-17-10-16-11-27(12-19(16)30-13-17)18-4-3-8-29-24(18)33-25(27)37/h1-10,13,15H,11-12,14H2,(H,32,36)(H,29,33,37). The first kappa shape index (κ1) is 22.0. The van der Waals surface area contributed by atoms with Crippen LogP contribution in [0.5, 0.6) is 0 Å². The summed E-state index contributed by atoms with van der Waals surface area (Å²) in [6.07, 6.45) is 7.11. The van der Waals surface area contributed by atoms with Crippen molar-refractivity contribution < 1.29 is 9.59 Å². The van der Waals surface area contributed by atoms with Crippen molar-refractivity contribution in [3.05, 3.63) is 101 Å². The molecule has 7 rings (SSSR count).